The molecule has 0 aromatic carbocycles. The lowest BCUT2D eigenvalue weighted by Gasteiger charge is -2.35. The molecule has 0 aromatic rings. The molecule has 2 aliphatic carbocycles. The first-order valence-electron chi connectivity index (χ1n) is 8.65. The first-order valence-corrected chi connectivity index (χ1v) is 8.65. The van der Waals surface area contributed by atoms with Gasteiger partial charge in [0, 0.05) is 12.1 Å². The molecule has 4 atom stereocenters. The Kier molecular flexibility index (Phi) is 6.34. The number of rotatable bonds is 5. The summed E-state index contributed by atoms with van der Waals surface area (Å²) in [5, 5.41) is 3.84. The standard InChI is InChI=1S/C17H31NO2/c1-3-13-7-5-9-15(11-13)18-16-10-6-8-14(12-16)17(19)20-4-2/h13-16,18H,3-12H2,1-2H3. The Balaban J connectivity index is 1.79. The number of hydrogen-bond acceptors (Lipinski definition) is 3. The normalized spacial score (nSPS) is 34.7. The van der Waals surface area contributed by atoms with Gasteiger partial charge in [-0.2, -0.15) is 0 Å². The van der Waals surface area contributed by atoms with Gasteiger partial charge in [-0.1, -0.05) is 32.6 Å². The summed E-state index contributed by atoms with van der Waals surface area (Å²) >= 11 is 0. The molecule has 2 aliphatic rings. The molecule has 0 heterocycles. The van der Waals surface area contributed by atoms with Crippen LogP contribution in [0.4, 0.5) is 0 Å². The Hall–Kier alpha value is -0.570. The fraction of sp³-hybridized carbons (Fsp3) is 0.941. The van der Waals surface area contributed by atoms with Crippen LogP contribution in [0.3, 0.4) is 0 Å². The third-order valence-electron chi connectivity index (χ3n) is 5.13. The van der Waals surface area contributed by atoms with Crippen molar-refractivity contribution in [3.8, 4) is 0 Å². The topological polar surface area (TPSA) is 38.3 Å². The molecule has 116 valence electrons. The Morgan fingerprint density at radius 3 is 2.45 bits per heavy atom. The lowest BCUT2D eigenvalue weighted by atomic mass is 9.81. The Bertz CT molecular complexity index is 305. The number of ether oxygens (including phenoxy) is 1. The van der Waals surface area contributed by atoms with Crippen molar-refractivity contribution in [2.45, 2.75) is 83.7 Å². The molecule has 0 amide bonds. The number of nitrogens with one attached hydrogen (secondary N) is 1. The minimum Gasteiger partial charge on any atom is -0.466 e. The molecule has 4 unspecified atom stereocenters. The van der Waals surface area contributed by atoms with Crippen molar-refractivity contribution in [2.75, 3.05) is 6.61 Å². The van der Waals surface area contributed by atoms with Crippen LogP contribution < -0.4 is 5.32 Å². The molecule has 0 bridgehead atoms. The van der Waals surface area contributed by atoms with Gasteiger partial charge in [-0.15, -0.1) is 0 Å². The molecule has 3 heteroatoms. The van der Waals surface area contributed by atoms with Crippen molar-refractivity contribution in [1.82, 2.24) is 5.32 Å². The van der Waals surface area contributed by atoms with E-state index in [1.54, 1.807) is 0 Å². The molecule has 0 aromatic heterocycles. The number of esters is 1. The number of hydrogen-bond donors (Lipinski definition) is 1. The zero-order chi connectivity index (χ0) is 14.4. The van der Waals surface area contributed by atoms with Crippen molar-refractivity contribution in [2.24, 2.45) is 11.8 Å². The third-order valence-corrected chi connectivity index (χ3v) is 5.13. The molecule has 20 heavy (non-hydrogen) atoms. The molecule has 2 saturated carbocycles. The lowest BCUT2D eigenvalue weighted by Crippen LogP contribution is -2.44. The second-order valence-electron chi connectivity index (χ2n) is 6.62. The van der Waals surface area contributed by atoms with Crippen molar-refractivity contribution >= 4 is 5.97 Å². The van der Waals surface area contributed by atoms with E-state index in [1.807, 2.05) is 6.92 Å². The summed E-state index contributed by atoms with van der Waals surface area (Å²) in [7, 11) is 0. The molecule has 0 spiro atoms. The maximum atomic E-state index is 11.9. The summed E-state index contributed by atoms with van der Waals surface area (Å²) in [6.07, 6.45) is 11.1. The van der Waals surface area contributed by atoms with Crippen LogP contribution in [0.1, 0.15) is 71.6 Å². The first kappa shape index (κ1) is 15.8. The summed E-state index contributed by atoms with van der Waals surface area (Å²) in [5.41, 5.74) is 0. The van der Waals surface area contributed by atoms with Crippen LogP contribution in [0.2, 0.25) is 0 Å². The molecular formula is C17H31NO2. The van der Waals surface area contributed by atoms with Crippen LogP contribution >= 0.6 is 0 Å². The highest BCUT2D eigenvalue weighted by Gasteiger charge is 2.30. The van der Waals surface area contributed by atoms with Gasteiger partial charge in [-0.3, -0.25) is 4.79 Å². The van der Waals surface area contributed by atoms with Gasteiger partial charge in [0.2, 0.25) is 0 Å². The average molecular weight is 281 g/mol. The average Bonchev–Trinajstić information content (AvgIpc) is 2.48. The Morgan fingerprint density at radius 2 is 1.75 bits per heavy atom. The maximum absolute atomic E-state index is 11.9. The highest BCUT2D eigenvalue weighted by Crippen LogP contribution is 2.30. The minimum atomic E-state index is 0.0223. The molecular weight excluding hydrogens is 250 g/mol. The zero-order valence-corrected chi connectivity index (χ0v) is 13.2. The number of carbonyl (C=O) groups excluding carboxylic acids is 1. The van der Waals surface area contributed by atoms with Crippen LogP contribution in [0.15, 0.2) is 0 Å². The first-order chi connectivity index (χ1) is 9.72. The van der Waals surface area contributed by atoms with Crippen molar-refractivity contribution in [1.29, 1.82) is 0 Å². The van der Waals surface area contributed by atoms with E-state index in [4.69, 9.17) is 4.74 Å². The van der Waals surface area contributed by atoms with Crippen LogP contribution in [0, 0.1) is 11.8 Å². The zero-order valence-electron chi connectivity index (χ0n) is 13.2. The highest BCUT2D eigenvalue weighted by atomic mass is 16.5. The molecule has 3 nitrogen and oxygen atoms in total. The summed E-state index contributed by atoms with van der Waals surface area (Å²) in [6.45, 7) is 4.71. The Labute approximate surface area is 123 Å². The maximum Gasteiger partial charge on any atom is 0.308 e. The third kappa shape index (κ3) is 4.47. The largest absolute Gasteiger partial charge is 0.466 e. The monoisotopic (exact) mass is 281 g/mol. The van der Waals surface area contributed by atoms with E-state index in [9.17, 15) is 4.79 Å². The van der Waals surface area contributed by atoms with Crippen LogP contribution in [0.25, 0.3) is 0 Å². The molecule has 2 rings (SSSR count). The minimum absolute atomic E-state index is 0.0223. The van der Waals surface area contributed by atoms with Gasteiger partial charge in [0.1, 0.15) is 0 Å². The predicted molar refractivity (Wildman–Crippen MR) is 81.6 cm³/mol. The van der Waals surface area contributed by atoms with Crippen LogP contribution in [-0.4, -0.2) is 24.7 Å². The predicted octanol–water partition coefficient (Wildman–Crippen LogP) is 3.67. The van der Waals surface area contributed by atoms with Gasteiger partial charge >= 0.3 is 5.97 Å². The summed E-state index contributed by atoms with van der Waals surface area (Å²) < 4.78 is 5.19. The summed E-state index contributed by atoms with van der Waals surface area (Å²) in [6, 6.07) is 1.21. The fourth-order valence-electron chi connectivity index (χ4n) is 3.96. The van der Waals surface area contributed by atoms with Gasteiger partial charge in [0.25, 0.3) is 0 Å². The molecule has 2 fully saturated rings. The lowest BCUT2D eigenvalue weighted by molar-refractivity contribution is -0.149. The molecule has 0 radical (unpaired) electrons. The number of carbonyl (C=O) groups is 1. The van der Waals surface area contributed by atoms with Crippen molar-refractivity contribution in [3.05, 3.63) is 0 Å². The van der Waals surface area contributed by atoms with E-state index in [-0.39, 0.29) is 11.9 Å². The highest BCUT2D eigenvalue weighted by molar-refractivity contribution is 5.72. The second kappa shape index (κ2) is 8.02. The molecule has 1 N–H and O–H groups in total. The van der Waals surface area contributed by atoms with Gasteiger partial charge in [0.05, 0.1) is 12.5 Å². The van der Waals surface area contributed by atoms with E-state index >= 15 is 0 Å². The SMILES string of the molecule is CCOC(=O)C1CCCC(NC2CCCC(CC)C2)C1. The van der Waals surface area contributed by atoms with E-state index in [2.05, 4.69) is 12.2 Å². The fourth-order valence-corrected chi connectivity index (χ4v) is 3.96. The Morgan fingerprint density at radius 1 is 1.05 bits per heavy atom. The van der Waals surface area contributed by atoms with Gasteiger partial charge < -0.3 is 10.1 Å². The second-order valence-corrected chi connectivity index (χ2v) is 6.62. The van der Waals surface area contributed by atoms with Gasteiger partial charge in [-0.05, 0) is 44.9 Å². The van der Waals surface area contributed by atoms with E-state index in [0.29, 0.717) is 18.7 Å². The van der Waals surface area contributed by atoms with E-state index in [1.165, 1.54) is 38.5 Å². The smallest absolute Gasteiger partial charge is 0.308 e. The molecule has 0 aliphatic heterocycles. The summed E-state index contributed by atoms with van der Waals surface area (Å²) in [5.74, 6) is 1.06. The van der Waals surface area contributed by atoms with E-state index in [0.717, 1.165) is 25.2 Å². The quantitative estimate of drug-likeness (QED) is 0.781. The van der Waals surface area contributed by atoms with E-state index < -0.39 is 0 Å². The van der Waals surface area contributed by atoms with Gasteiger partial charge in [0.15, 0.2) is 0 Å². The van der Waals surface area contributed by atoms with Crippen molar-refractivity contribution < 1.29 is 9.53 Å². The molecule has 0 saturated heterocycles. The van der Waals surface area contributed by atoms with Crippen LogP contribution in [-0.2, 0) is 9.53 Å². The van der Waals surface area contributed by atoms with Gasteiger partial charge in [-0.25, -0.2) is 0 Å². The van der Waals surface area contributed by atoms with Crippen LogP contribution in [0.5, 0.6) is 0 Å². The summed E-state index contributed by atoms with van der Waals surface area (Å²) in [4.78, 5) is 11.9. The van der Waals surface area contributed by atoms with Crippen molar-refractivity contribution in [3.63, 3.8) is 0 Å².